The molecule has 5 aromatic rings. The number of aromatic nitrogens is 2. The number of hydrogen-bond acceptors (Lipinski definition) is 3. The normalized spacial score (nSPS) is 12.4. The lowest BCUT2D eigenvalue weighted by atomic mass is 9.91. The maximum Gasteiger partial charge on any atom is 0.235 e. The predicted octanol–water partition coefficient (Wildman–Crippen LogP) is 7.00. The summed E-state index contributed by atoms with van der Waals surface area (Å²) in [6, 6.07) is 27.4. The topological polar surface area (TPSA) is 29.0 Å². The van der Waals surface area contributed by atoms with Gasteiger partial charge in [-0.3, -0.25) is 4.90 Å². The predicted molar refractivity (Wildman–Crippen MR) is 118 cm³/mol. The second-order valence-corrected chi connectivity index (χ2v) is 7.82. The highest BCUT2D eigenvalue weighted by Gasteiger charge is 2.27. The molecule has 0 atom stereocenters. The van der Waals surface area contributed by atoms with Crippen molar-refractivity contribution in [3.8, 4) is 11.1 Å². The Morgan fingerprint density at radius 1 is 0.714 bits per heavy atom. The smallest absolute Gasteiger partial charge is 0.235 e. The van der Waals surface area contributed by atoms with Crippen molar-refractivity contribution in [2.45, 2.75) is 0 Å². The van der Waals surface area contributed by atoms with Crippen LogP contribution in [0.1, 0.15) is 0 Å². The van der Waals surface area contributed by atoms with Crippen molar-refractivity contribution in [2.75, 3.05) is 4.90 Å². The van der Waals surface area contributed by atoms with E-state index in [1.54, 1.807) is 0 Å². The van der Waals surface area contributed by atoms with Crippen LogP contribution in [-0.4, -0.2) is 9.97 Å². The number of nitrogens with zero attached hydrogens (tertiary/aromatic N) is 3. The Labute approximate surface area is 170 Å². The van der Waals surface area contributed by atoms with Crippen LogP contribution in [0, 0.1) is 0 Å². The van der Waals surface area contributed by atoms with E-state index >= 15 is 0 Å². The standard InChI is InChI=1S/C24H14BrN3/c25-17-11-12-18-19-8-3-6-15-7-4-10-21(23(15)19)28(22(18)13-17)24-26-14-16-5-1-2-9-20(16)27-24/h1-14H. The first-order chi connectivity index (χ1) is 13.8. The molecule has 4 heteroatoms. The molecule has 0 saturated carbocycles. The molecule has 0 aliphatic carbocycles. The van der Waals surface area contributed by atoms with Gasteiger partial charge >= 0.3 is 0 Å². The highest BCUT2D eigenvalue weighted by atomic mass is 79.9. The number of hydrogen-bond donors (Lipinski definition) is 0. The van der Waals surface area contributed by atoms with Crippen molar-refractivity contribution in [1.82, 2.24) is 9.97 Å². The Bertz CT molecular complexity index is 1390. The highest BCUT2D eigenvalue weighted by molar-refractivity contribution is 9.10. The molecule has 0 saturated heterocycles. The number of rotatable bonds is 1. The quantitative estimate of drug-likeness (QED) is 0.285. The average Bonchev–Trinajstić information content (AvgIpc) is 2.74. The second-order valence-electron chi connectivity index (χ2n) is 6.91. The zero-order valence-electron chi connectivity index (χ0n) is 14.8. The first-order valence-corrected chi connectivity index (χ1v) is 9.92. The van der Waals surface area contributed by atoms with Gasteiger partial charge in [-0.15, -0.1) is 0 Å². The third-order valence-electron chi connectivity index (χ3n) is 5.29. The van der Waals surface area contributed by atoms with E-state index in [1.807, 2.05) is 30.5 Å². The van der Waals surface area contributed by atoms with Gasteiger partial charge in [0.15, 0.2) is 0 Å². The zero-order valence-corrected chi connectivity index (χ0v) is 16.4. The monoisotopic (exact) mass is 423 g/mol. The van der Waals surface area contributed by atoms with Crippen LogP contribution in [0.3, 0.4) is 0 Å². The fourth-order valence-corrected chi connectivity index (χ4v) is 4.41. The summed E-state index contributed by atoms with van der Waals surface area (Å²) >= 11 is 3.64. The molecule has 2 heterocycles. The van der Waals surface area contributed by atoms with Gasteiger partial charge in [0.25, 0.3) is 0 Å². The first-order valence-electron chi connectivity index (χ1n) is 9.13. The van der Waals surface area contributed by atoms with E-state index in [4.69, 9.17) is 9.97 Å². The summed E-state index contributed by atoms with van der Waals surface area (Å²) in [7, 11) is 0. The van der Waals surface area contributed by atoms with Gasteiger partial charge in [0.1, 0.15) is 0 Å². The molecule has 0 amide bonds. The lowest BCUT2D eigenvalue weighted by molar-refractivity contribution is 1.11. The van der Waals surface area contributed by atoms with Gasteiger partial charge in [0.05, 0.1) is 16.9 Å². The molecule has 0 spiro atoms. The van der Waals surface area contributed by atoms with Crippen LogP contribution in [-0.2, 0) is 0 Å². The molecule has 0 unspecified atom stereocenters. The maximum absolute atomic E-state index is 4.89. The summed E-state index contributed by atoms with van der Waals surface area (Å²) < 4.78 is 1.03. The molecule has 1 aromatic heterocycles. The van der Waals surface area contributed by atoms with Gasteiger partial charge in [-0.25, -0.2) is 9.97 Å². The van der Waals surface area contributed by atoms with Crippen LogP contribution in [0.2, 0.25) is 0 Å². The van der Waals surface area contributed by atoms with Crippen molar-refractivity contribution < 1.29 is 0 Å². The molecule has 0 fully saturated rings. The van der Waals surface area contributed by atoms with E-state index in [1.165, 1.54) is 21.9 Å². The van der Waals surface area contributed by atoms with Gasteiger partial charge in [-0.1, -0.05) is 70.5 Å². The van der Waals surface area contributed by atoms with Gasteiger partial charge in [-0.05, 0) is 35.2 Å². The van der Waals surface area contributed by atoms with Crippen LogP contribution in [0.5, 0.6) is 0 Å². The third kappa shape index (κ3) is 2.21. The largest absolute Gasteiger partial charge is 0.278 e. The van der Waals surface area contributed by atoms with Crippen LogP contribution in [0.4, 0.5) is 17.3 Å². The fourth-order valence-electron chi connectivity index (χ4n) is 4.06. The number of anilines is 3. The minimum atomic E-state index is 0.681. The lowest BCUT2D eigenvalue weighted by Crippen LogP contribution is -2.17. The zero-order chi connectivity index (χ0) is 18.7. The molecule has 0 bridgehead atoms. The van der Waals surface area contributed by atoms with Gasteiger partial charge < -0.3 is 0 Å². The molecule has 28 heavy (non-hydrogen) atoms. The minimum absolute atomic E-state index is 0.681. The van der Waals surface area contributed by atoms with Crippen molar-refractivity contribution in [3.63, 3.8) is 0 Å². The van der Waals surface area contributed by atoms with E-state index in [-0.39, 0.29) is 0 Å². The minimum Gasteiger partial charge on any atom is -0.278 e. The summed E-state index contributed by atoms with van der Waals surface area (Å²) in [5.41, 5.74) is 5.55. The Morgan fingerprint density at radius 2 is 1.54 bits per heavy atom. The van der Waals surface area contributed by atoms with Crippen LogP contribution in [0.25, 0.3) is 32.8 Å². The summed E-state index contributed by atoms with van der Waals surface area (Å²) in [5.74, 6) is 0.681. The summed E-state index contributed by atoms with van der Waals surface area (Å²) in [5, 5.41) is 3.49. The van der Waals surface area contributed by atoms with Crippen molar-refractivity contribution in [2.24, 2.45) is 0 Å². The molecule has 6 rings (SSSR count). The van der Waals surface area contributed by atoms with Crippen molar-refractivity contribution >= 4 is 54.9 Å². The Kier molecular flexibility index (Phi) is 3.31. The molecule has 132 valence electrons. The lowest BCUT2D eigenvalue weighted by Gasteiger charge is -2.32. The molecule has 1 aliphatic rings. The summed E-state index contributed by atoms with van der Waals surface area (Å²) in [6.45, 7) is 0. The molecule has 4 aromatic carbocycles. The maximum atomic E-state index is 4.89. The fraction of sp³-hybridized carbons (Fsp3) is 0. The van der Waals surface area contributed by atoms with Crippen LogP contribution < -0.4 is 4.90 Å². The van der Waals surface area contributed by atoms with E-state index in [9.17, 15) is 0 Å². The molecular formula is C24H14BrN3. The number of halogens is 1. The first kappa shape index (κ1) is 15.8. The third-order valence-corrected chi connectivity index (χ3v) is 5.78. The van der Waals surface area contributed by atoms with Crippen molar-refractivity contribution in [3.05, 3.63) is 89.5 Å². The molecule has 0 N–H and O–H groups in total. The number of benzene rings is 4. The number of fused-ring (bicyclic) bond motifs is 3. The molecule has 3 nitrogen and oxygen atoms in total. The van der Waals surface area contributed by atoms with Crippen molar-refractivity contribution in [1.29, 1.82) is 0 Å². The van der Waals surface area contributed by atoms with E-state index < -0.39 is 0 Å². The van der Waals surface area contributed by atoms with Gasteiger partial charge in [0.2, 0.25) is 5.95 Å². The second kappa shape index (κ2) is 5.88. The van der Waals surface area contributed by atoms with Gasteiger partial charge in [0, 0.05) is 27.0 Å². The van der Waals surface area contributed by atoms with E-state index in [0.717, 1.165) is 26.8 Å². The van der Waals surface area contributed by atoms with Crippen LogP contribution in [0.15, 0.2) is 89.5 Å². The SMILES string of the molecule is Brc1ccc2c(c1)N(c1ncc3ccccc3n1)c1cccc3cccc-2c13. The Balaban J connectivity index is 1.73. The highest BCUT2D eigenvalue weighted by Crippen LogP contribution is 2.50. The molecular weight excluding hydrogens is 410 g/mol. The Morgan fingerprint density at radius 3 is 2.46 bits per heavy atom. The van der Waals surface area contributed by atoms with E-state index in [0.29, 0.717) is 5.95 Å². The summed E-state index contributed by atoms with van der Waals surface area (Å²) in [6.07, 6.45) is 1.90. The molecule has 1 aliphatic heterocycles. The number of para-hydroxylation sites is 1. The molecule has 0 radical (unpaired) electrons. The van der Waals surface area contributed by atoms with Crippen LogP contribution >= 0.6 is 15.9 Å². The Hall–Kier alpha value is -3.24. The summed E-state index contributed by atoms with van der Waals surface area (Å²) in [4.78, 5) is 11.8. The van der Waals surface area contributed by atoms with E-state index in [2.05, 4.69) is 75.4 Å². The average molecular weight is 424 g/mol. The van der Waals surface area contributed by atoms with Gasteiger partial charge in [-0.2, -0.15) is 0 Å².